The van der Waals surface area contributed by atoms with Crippen molar-refractivity contribution in [3.05, 3.63) is 12.4 Å². The number of hydrogen-bond donors (Lipinski definition) is 1. The van der Waals surface area contributed by atoms with Crippen LogP contribution in [0, 0.1) is 5.92 Å². The highest BCUT2D eigenvalue weighted by Crippen LogP contribution is 2.26. The van der Waals surface area contributed by atoms with Gasteiger partial charge in [0.05, 0.1) is 0 Å². The Labute approximate surface area is 106 Å². The summed E-state index contributed by atoms with van der Waals surface area (Å²) in [6.45, 7) is 5.53. The van der Waals surface area contributed by atoms with Crippen LogP contribution < -0.4 is 10.6 Å². The second-order valence-corrected chi connectivity index (χ2v) is 5.19. The average Bonchev–Trinajstić information content (AvgIpc) is 2.77. The topological polar surface area (TPSA) is 72.3 Å². The second-order valence-electron chi connectivity index (χ2n) is 5.19. The lowest BCUT2D eigenvalue weighted by molar-refractivity contribution is 0.385. The number of piperidine rings is 1. The number of rotatable bonds is 1. The van der Waals surface area contributed by atoms with Gasteiger partial charge in [-0.25, -0.2) is 4.98 Å². The zero-order valence-corrected chi connectivity index (χ0v) is 10.7. The Hall–Kier alpha value is -1.85. The summed E-state index contributed by atoms with van der Waals surface area (Å²) in [5, 5.41) is 8.42. The van der Waals surface area contributed by atoms with Gasteiger partial charge in [0.1, 0.15) is 0 Å². The van der Waals surface area contributed by atoms with E-state index < -0.39 is 0 Å². The molecule has 0 amide bonds. The van der Waals surface area contributed by atoms with Crippen LogP contribution in [0.5, 0.6) is 0 Å². The average molecular weight is 246 g/mol. The van der Waals surface area contributed by atoms with Gasteiger partial charge in [0, 0.05) is 25.0 Å². The minimum atomic E-state index is 0.425. The van der Waals surface area contributed by atoms with Gasteiger partial charge >= 0.3 is 0 Å². The highest BCUT2D eigenvalue weighted by Gasteiger charge is 2.26. The van der Waals surface area contributed by atoms with Gasteiger partial charge in [-0.1, -0.05) is 6.92 Å². The Bertz CT molecular complexity index is 563. The van der Waals surface area contributed by atoms with E-state index in [1.54, 1.807) is 6.20 Å². The van der Waals surface area contributed by atoms with Crippen LogP contribution in [-0.2, 0) is 0 Å². The molecule has 2 N–H and O–H groups in total. The number of hydrogen-bond acceptors (Lipinski definition) is 5. The summed E-state index contributed by atoms with van der Waals surface area (Å²) in [5.74, 6) is 1.99. The molecule has 2 aromatic heterocycles. The number of nitrogens with zero attached hydrogens (tertiary/aromatic N) is 5. The van der Waals surface area contributed by atoms with E-state index in [2.05, 4.69) is 33.9 Å². The third kappa shape index (κ3) is 1.68. The molecule has 3 heterocycles. The molecule has 1 fully saturated rings. The normalized spacial score (nSPS) is 24.7. The van der Waals surface area contributed by atoms with Crippen LogP contribution in [0.25, 0.3) is 5.65 Å². The predicted molar refractivity (Wildman–Crippen MR) is 70.4 cm³/mol. The van der Waals surface area contributed by atoms with Crippen molar-refractivity contribution in [3.8, 4) is 0 Å². The van der Waals surface area contributed by atoms with Gasteiger partial charge in [0.25, 0.3) is 0 Å². The maximum Gasteiger partial charge on any atom is 0.232 e. The molecule has 0 spiro atoms. The van der Waals surface area contributed by atoms with E-state index in [1.807, 2.05) is 10.6 Å². The molecule has 1 saturated heterocycles. The standard InChI is InChI=1S/C12H18N6/c1-8-3-4-9(2)18(7-8)12-16-15-11-10(13)14-5-6-17(11)12/h5-6,8-9H,3-4,7H2,1-2H3,(H2,13,14). The van der Waals surface area contributed by atoms with Crippen molar-refractivity contribution in [2.24, 2.45) is 5.92 Å². The Kier molecular flexibility index (Phi) is 2.57. The molecule has 0 aliphatic carbocycles. The van der Waals surface area contributed by atoms with Crippen LogP contribution in [0.2, 0.25) is 0 Å². The Balaban J connectivity index is 2.06. The molecule has 6 nitrogen and oxygen atoms in total. The van der Waals surface area contributed by atoms with Crippen LogP contribution in [0.1, 0.15) is 26.7 Å². The quantitative estimate of drug-likeness (QED) is 0.821. The summed E-state index contributed by atoms with van der Waals surface area (Å²) < 4.78 is 1.93. The van der Waals surface area contributed by atoms with Gasteiger partial charge in [-0.2, -0.15) is 0 Å². The monoisotopic (exact) mass is 246 g/mol. The van der Waals surface area contributed by atoms with Crippen LogP contribution in [0.15, 0.2) is 12.4 Å². The summed E-state index contributed by atoms with van der Waals surface area (Å²) in [6.07, 6.45) is 6.02. The predicted octanol–water partition coefficient (Wildman–Crippen LogP) is 1.33. The van der Waals surface area contributed by atoms with Crippen molar-refractivity contribution >= 4 is 17.4 Å². The lowest BCUT2D eigenvalue weighted by atomic mass is 9.95. The Morgan fingerprint density at radius 3 is 2.94 bits per heavy atom. The van der Waals surface area contributed by atoms with Gasteiger partial charge in [0.15, 0.2) is 5.82 Å². The van der Waals surface area contributed by atoms with Crippen molar-refractivity contribution in [1.29, 1.82) is 0 Å². The van der Waals surface area contributed by atoms with Crippen molar-refractivity contribution in [3.63, 3.8) is 0 Å². The molecule has 2 atom stereocenters. The van der Waals surface area contributed by atoms with Crippen LogP contribution >= 0.6 is 0 Å². The van der Waals surface area contributed by atoms with E-state index >= 15 is 0 Å². The first kappa shape index (κ1) is 11.3. The van der Waals surface area contributed by atoms with Crippen LogP contribution in [-0.4, -0.2) is 32.2 Å². The number of aromatic nitrogens is 4. The zero-order chi connectivity index (χ0) is 12.7. The fraction of sp³-hybridized carbons (Fsp3) is 0.583. The Morgan fingerprint density at radius 2 is 2.11 bits per heavy atom. The zero-order valence-electron chi connectivity index (χ0n) is 10.7. The molecule has 0 bridgehead atoms. The molecule has 6 heteroatoms. The summed E-state index contributed by atoms with van der Waals surface area (Å²) in [6, 6.07) is 0.489. The van der Waals surface area contributed by atoms with E-state index in [-0.39, 0.29) is 0 Å². The molecule has 1 aliphatic heterocycles. The lowest BCUT2D eigenvalue weighted by Crippen LogP contribution is -2.42. The van der Waals surface area contributed by atoms with E-state index in [9.17, 15) is 0 Å². The van der Waals surface area contributed by atoms with Crippen molar-refractivity contribution < 1.29 is 0 Å². The summed E-state index contributed by atoms with van der Waals surface area (Å²) in [7, 11) is 0. The SMILES string of the molecule is CC1CCC(C)N(c2nnc3c(N)nccn23)C1. The summed E-state index contributed by atoms with van der Waals surface area (Å²) in [5.41, 5.74) is 6.45. The number of nitrogen functional groups attached to an aromatic ring is 1. The molecule has 0 saturated carbocycles. The van der Waals surface area contributed by atoms with Gasteiger partial charge in [-0.05, 0) is 25.7 Å². The van der Waals surface area contributed by atoms with E-state index in [0.29, 0.717) is 23.4 Å². The minimum absolute atomic E-state index is 0.425. The van der Waals surface area contributed by atoms with Crippen molar-refractivity contribution in [2.75, 3.05) is 17.2 Å². The molecule has 2 aromatic rings. The van der Waals surface area contributed by atoms with Crippen molar-refractivity contribution in [1.82, 2.24) is 19.6 Å². The number of fused-ring (bicyclic) bond motifs is 1. The maximum absolute atomic E-state index is 5.81. The minimum Gasteiger partial charge on any atom is -0.381 e. The van der Waals surface area contributed by atoms with E-state index in [0.717, 1.165) is 12.5 Å². The van der Waals surface area contributed by atoms with E-state index in [4.69, 9.17) is 5.73 Å². The fourth-order valence-electron chi connectivity index (χ4n) is 2.60. The number of anilines is 2. The highest BCUT2D eigenvalue weighted by atomic mass is 15.4. The molecule has 18 heavy (non-hydrogen) atoms. The largest absolute Gasteiger partial charge is 0.381 e. The molecular formula is C12H18N6. The van der Waals surface area contributed by atoms with E-state index in [1.165, 1.54) is 12.8 Å². The molecule has 3 rings (SSSR count). The lowest BCUT2D eigenvalue weighted by Gasteiger charge is -2.36. The first-order chi connectivity index (χ1) is 8.66. The maximum atomic E-state index is 5.81. The molecule has 96 valence electrons. The van der Waals surface area contributed by atoms with Gasteiger partial charge in [-0.3, -0.25) is 4.40 Å². The molecule has 0 radical (unpaired) electrons. The highest BCUT2D eigenvalue weighted by molar-refractivity contribution is 5.61. The summed E-state index contributed by atoms with van der Waals surface area (Å²) >= 11 is 0. The number of nitrogens with two attached hydrogens (primary N) is 1. The third-order valence-corrected chi connectivity index (χ3v) is 3.71. The first-order valence-electron chi connectivity index (χ1n) is 6.38. The van der Waals surface area contributed by atoms with Gasteiger partial charge < -0.3 is 10.6 Å². The molecular weight excluding hydrogens is 228 g/mol. The molecule has 1 aliphatic rings. The van der Waals surface area contributed by atoms with Crippen LogP contribution in [0.4, 0.5) is 11.8 Å². The van der Waals surface area contributed by atoms with Gasteiger partial charge in [-0.15, -0.1) is 10.2 Å². The third-order valence-electron chi connectivity index (χ3n) is 3.71. The van der Waals surface area contributed by atoms with Crippen LogP contribution in [0.3, 0.4) is 0 Å². The molecule has 0 aromatic carbocycles. The fourth-order valence-corrected chi connectivity index (χ4v) is 2.60. The smallest absolute Gasteiger partial charge is 0.232 e. The van der Waals surface area contributed by atoms with Gasteiger partial charge in [0.2, 0.25) is 11.6 Å². The summed E-state index contributed by atoms with van der Waals surface area (Å²) in [4.78, 5) is 6.35. The second kappa shape index (κ2) is 4.12. The Morgan fingerprint density at radius 1 is 1.28 bits per heavy atom. The van der Waals surface area contributed by atoms with Crippen molar-refractivity contribution in [2.45, 2.75) is 32.7 Å². The first-order valence-corrected chi connectivity index (χ1v) is 6.38. The molecule has 2 unspecified atom stereocenters.